The molecule has 1 N–H and O–H groups in total. The number of methoxy groups -OCH3 is 1. The topological polar surface area (TPSA) is 46.5 Å². The standard InChI is InChI=1S/C12H12O3/c1-15-10-4-5-11-8(6-10)2-3-9(11)7-12(13)14/h4-7H,2-3H2,1H3,(H,13,14)/b9-7-. The van der Waals surface area contributed by atoms with Crippen LogP contribution in [-0.4, -0.2) is 18.2 Å². The van der Waals surface area contributed by atoms with Crippen molar-refractivity contribution >= 4 is 11.5 Å². The van der Waals surface area contributed by atoms with E-state index in [1.807, 2.05) is 18.2 Å². The molecule has 0 fully saturated rings. The Morgan fingerprint density at radius 2 is 2.27 bits per heavy atom. The van der Waals surface area contributed by atoms with Crippen LogP contribution in [0.4, 0.5) is 0 Å². The zero-order valence-corrected chi connectivity index (χ0v) is 8.49. The number of hydrogen-bond acceptors (Lipinski definition) is 2. The van der Waals surface area contributed by atoms with Crippen LogP contribution in [0.1, 0.15) is 17.5 Å². The molecule has 15 heavy (non-hydrogen) atoms. The van der Waals surface area contributed by atoms with Gasteiger partial charge in [0.1, 0.15) is 5.75 Å². The van der Waals surface area contributed by atoms with Crippen LogP contribution in [-0.2, 0) is 11.2 Å². The fourth-order valence-corrected chi connectivity index (χ4v) is 1.92. The van der Waals surface area contributed by atoms with Gasteiger partial charge in [-0.3, -0.25) is 0 Å². The van der Waals surface area contributed by atoms with Gasteiger partial charge in [-0.05, 0) is 41.7 Å². The summed E-state index contributed by atoms with van der Waals surface area (Å²) in [4.78, 5) is 10.6. The van der Waals surface area contributed by atoms with Gasteiger partial charge in [0.15, 0.2) is 0 Å². The highest BCUT2D eigenvalue weighted by Gasteiger charge is 2.17. The molecule has 0 saturated heterocycles. The Kier molecular flexibility index (Phi) is 2.46. The smallest absolute Gasteiger partial charge is 0.328 e. The van der Waals surface area contributed by atoms with Crippen molar-refractivity contribution in [3.8, 4) is 5.75 Å². The molecule has 3 heteroatoms. The van der Waals surface area contributed by atoms with Crippen LogP contribution < -0.4 is 4.74 Å². The summed E-state index contributed by atoms with van der Waals surface area (Å²) in [5, 5.41) is 8.70. The molecule has 0 unspecified atom stereocenters. The molecule has 0 spiro atoms. The van der Waals surface area contributed by atoms with Gasteiger partial charge >= 0.3 is 5.97 Å². The van der Waals surface area contributed by atoms with Crippen molar-refractivity contribution in [3.05, 3.63) is 35.4 Å². The molecule has 2 rings (SSSR count). The number of fused-ring (bicyclic) bond motifs is 1. The summed E-state index contributed by atoms with van der Waals surface area (Å²) in [6, 6.07) is 5.76. The molecule has 1 aliphatic rings. The Bertz CT molecular complexity index is 432. The van der Waals surface area contributed by atoms with Gasteiger partial charge in [0.25, 0.3) is 0 Å². The van der Waals surface area contributed by atoms with Gasteiger partial charge in [-0.2, -0.15) is 0 Å². The van der Waals surface area contributed by atoms with Crippen molar-refractivity contribution in [1.29, 1.82) is 0 Å². The summed E-state index contributed by atoms with van der Waals surface area (Å²) >= 11 is 0. The number of aryl methyl sites for hydroxylation is 1. The number of aliphatic carboxylic acids is 1. The van der Waals surface area contributed by atoms with Gasteiger partial charge in [-0.1, -0.05) is 6.07 Å². The maximum atomic E-state index is 10.6. The predicted molar refractivity (Wildman–Crippen MR) is 56.9 cm³/mol. The van der Waals surface area contributed by atoms with Crippen LogP contribution >= 0.6 is 0 Å². The van der Waals surface area contributed by atoms with E-state index in [1.165, 1.54) is 11.6 Å². The van der Waals surface area contributed by atoms with Gasteiger partial charge in [-0.15, -0.1) is 0 Å². The lowest BCUT2D eigenvalue weighted by Crippen LogP contribution is -1.90. The summed E-state index contributed by atoms with van der Waals surface area (Å²) in [7, 11) is 1.63. The van der Waals surface area contributed by atoms with Crippen molar-refractivity contribution in [2.24, 2.45) is 0 Å². The van der Waals surface area contributed by atoms with Crippen LogP contribution in [0, 0.1) is 0 Å². The van der Waals surface area contributed by atoms with E-state index in [9.17, 15) is 4.79 Å². The second-order valence-electron chi connectivity index (χ2n) is 3.53. The van der Waals surface area contributed by atoms with Crippen LogP contribution in [0.2, 0.25) is 0 Å². The van der Waals surface area contributed by atoms with E-state index in [4.69, 9.17) is 9.84 Å². The van der Waals surface area contributed by atoms with Gasteiger partial charge < -0.3 is 9.84 Å². The fourth-order valence-electron chi connectivity index (χ4n) is 1.92. The van der Waals surface area contributed by atoms with Crippen molar-refractivity contribution in [3.63, 3.8) is 0 Å². The third-order valence-corrected chi connectivity index (χ3v) is 2.62. The Morgan fingerprint density at radius 3 is 2.93 bits per heavy atom. The molecule has 1 aliphatic carbocycles. The van der Waals surface area contributed by atoms with E-state index >= 15 is 0 Å². The van der Waals surface area contributed by atoms with Gasteiger partial charge in [0.2, 0.25) is 0 Å². The minimum Gasteiger partial charge on any atom is -0.497 e. The second kappa shape index (κ2) is 3.77. The molecule has 0 amide bonds. The molecular formula is C12H12O3. The number of carboxylic acids is 1. The predicted octanol–water partition coefficient (Wildman–Crippen LogP) is 2.11. The molecular weight excluding hydrogens is 192 g/mol. The van der Waals surface area contributed by atoms with Crippen molar-refractivity contribution in [2.45, 2.75) is 12.8 Å². The van der Waals surface area contributed by atoms with Crippen LogP contribution in [0.15, 0.2) is 24.3 Å². The lowest BCUT2D eigenvalue weighted by atomic mass is 10.1. The molecule has 78 valence electrons. The first kappa shape index (κ1) is 9.77. The highest BCUT2D eigenvalue weighted by molar-refractivity contribution is 5.91. The van der Waals surface area contributed by atoms with E-state index < -0.39 is 5.97 Å². The van der Waals surface area contributed by atoms with Crippen molar-refractivity contribution in [1.82, 2.24) is 0 Å². The molecule has 0 heterocycles. The lowest BCUT2D eigenvalue weighted by molar-refractivity contribution is -0.131. The number of hydrogen-bond donors (Lipinski definition) is 1. The molecule has 0 saturated carbocycles. The fraction of sp³-hybridized carbons (Fsp3) is 0.250. The first-order valence-corrected chi connectivity index (χ1v) is 4.81. The monoisotopic (exact) mass is 204 g/mol. The third kappa shape index (κ3) is 1.86. The summed E-state index contributed by atoms with van der Waals surface area (Å²) in [6.07, 6.45) is 2.98. The maximum Gasteiger partial charge on any atom is 0.328 e. The second-order valence-corrected chi connectivity index (χ2v) is 3.53. The lowest BCUT2D eigenvalue weighted by Gasteiger charge is -2.03. The minimum atomic E-state index is -0.881. The van der Waals surface area contributed by atoms with Gasteiger partial charge in [0.05, 0.1) is 7.11 Å². The SMILES string of the molecule is COc1ccc2c(c1)CC/C2=C/C(=O)O. The van der Waals surface area contributed by atoms with Crippen LogP contribution in [0.25, 0.3) is 5.57 Å². The van der Waals surface area contributed by atoms with E-state index in [0.29, 0.717) is 0 Å². The number of carbonyl (C=O) groups is 1. The zero-order valence-electron chi connectivity index (χ0n) is 8.49. The summed E-state index contributed by atoms with van der Waals surface area (Å²) in [5.74, 6) is -0.0565. The highest BCUT2D eigenvalue weighted by atomic mass is 16.5. The molecule has 1 aromatic rings. The molecule has 3 nitrogen and oxygen atoms in total. The molecule has 0 bridgehead atoms. The van der Waals surface area contributed by atoms with Crippen molar-refractivity contribution in [2.75, 3.05) is 7.11 Å². The first-order valence-electron chi connectivity index (χ1n) is 4.81. The van der Waals surface area contributed by atoms with E-state index in [0.717, 1.165) is 29.7 Å². The number of ether oxygens (including phenoxy) is 1. The number of carboxylic acid groups (broad SMARTS) is 1. The third-order valence-electron chi connectivity index (χ3n) is 2.62. The largest absolute Gasteiger partial charge is 0.497 e. The van der Waals surface area contributed by atoms with E-state index in [-0.39, 0.29) is 0 Å². The van der Waals surface area contributed by atoms with E-state index in [2.05, 4.69) is 0 Å². The Balaban J connectivity index is 2.40. The Morgan fingerprint density at radius 1 is 1.47 bits per heavy atom. The summed E-state index contributed by atoms with van der Waals surface area (Å²) in [5.41, 5.74) is 3.11. The number of allylic oxidation sites excluding steroid dienone is 1. The minimum absolute atomic E-state index is 0.800. The van der Waals surface area contributed by atoms with Gasteiger partial charge in [-0.25, -0.2) is 4.79 Å². The molecule has 0 aliphatic heterocycles. The highest BCUT2D eigenvalue weighted by Crippen LogP contribution is 2.34. The normalized spacial score (nSPS) is 16.5. The van der Waals surface area contributed by atoms with Crippen molar-refractivity contribution < 1.29 is 14.6 Å². The number of benzene rings is 1. The average Bonchev–Trinajstić information content (AvgIpc) is 2.60. The molecule has 0 radical (unpaired) electrons. The average molecular weight is 204 g/mol. The zero-order chi connectivity index (χ0) is 10.8. The molecule has 0 atom stereocenters. The van der Waals surface area contributed by atoms with Gasteiger partial charge in [0, 0.05) is 6.08 Å². The van der Waals surface area contributed by atoms with Crippen LogP contribution in [0.3, 0.4) is 0 Å². The molecule has 0 aromatic heterocycles. The quantitative estimate of drug-likeness (QED) is 0.750. The summed E-state index contributed by atoms with van der Waals surface area (Å²) in [6.45, 7) is 0. The Labute approximate surface area is 88.0 Å². The molecule has 1 aromatic carbocycles. The number of rotatable bonds is 2. The summed E-state index contributed by atoms with van der Waals surface area (Å²) < 4.78 is 5.12. The Hall–Kier alpha value is -1.77. The maximum absolute atomic E-state index is 10.6. The van der Waals surface area contributed by atoms with Crippen LogP contribution in [0.5, 0.6) is 5.75 Å². The first-order chi connectivity index (χ1) is 7.20. The van der Waals surface area contributed by atoms with E-state index in [1.54, 1.807) is 7.11 Å².